The first kappa shape index (κ1) is 17.8. The van der Waals surface area contributed by atoms with E-state index in [2.05, 4.69) is 0 Å². The van der Waals surface area contributed by atoms with Gasteiger partial charge in [0.05, 0.1) is 19.0 Å². The lowest BCUT2D eigenvalue weighted by molar-refractivity contribution is -0.0702. The summed E-state index contributed by atoms with van der Waals surface area (Å²) in [7, 11) is -3.31. The Morgan fingerprint density at radius 1 is 1.42 bits per heavy atom. The van der Waals surface area contributed by atoms with Crippen LogP contribution < -0.4 is 0 Å². The van der Waals surface area contributed by atoms with Gasteiger partial charge in [-0.1, -0.05) is 12.1 Å². The number of hydrogen-bond acceptors (Lipinski definition) is 4. The molecule has 2 heterocycles. The van der Waals surface area contributed by atoms with Crippen molar-refractivity contribution in [2.75, 3.05) is 25.6 Å². The molecule has 1 N–H and O–H groups in total. The van der Waals surface area contributed by atoms with E-state index in [1.807, 2.05) is 13.0 Å². The maximum Gasteiger partial charge on any atom is 0.214 e. The minimum Gasteiger partial charge on any atom is -0.396 e. The summed E-state index contributed by atoms with van der Waals surface area (Å²) in [4.78, 5) is 0. The predicted octanol–water partition coefficient (Wildman–Crippen LogP) is 1.79. The Hall–Kier alpha value is -1.02. The van der Waals surface area contributed by atoms with Gasteiger partial charge in [0.25, 0.3) is 0 Å². The topological polar surface area (TPSA) is 66.8 Å². The summed E-state index contributed by atoms with van der Waals surface area (Å²) in [6.07, 6.45) is 1.99. The quantitative estimate of drug-likeness (QED) is 0.872. The smallest absolute Gasteiger partial charge is 0.214 e. The van der Waals surface area contributed by atoms with Crippen molar-refractivity contribution in [3.8, 4) is 0 Å². The summed E-state index contributed by atoms with van der Waals surface area (Å²) in [6.45, 7) is 2.91. The maximum absolute atomic E-state index is 14.6. The second kappa shape index (κ2) is 6.71. The molecule has 7 heteroatoms. The zero-order valence-electron chi connectivity index (χ0n) is 13.9. The normalized spacial score (nSPS) is 26.0. The highest BCUT2D eigenvalue weighted by Gasteiger charge is 2.40. The van der Waals surface area contributed by atoms with Crippen LogP contribution in [0.1, 0.15) is 37.3 Å². The first-order chi connectivity index (χ1) is 11.4. The summed E-state index contributed by atoms with van der Waals surface area (Å²) < 4.78 is 45.7. The fourth-order valence-corrected chi connectivity index (χ4v) is 5.30. The first-order valence-corrected chi connectivity index (χ1v) is 9.96. The molecule has 0 saturated carbocycles. The zero-order chi connectivity index (χ0) is 17.4. The third-order valence-corrected chi connectivity index (χ3v) is 7.22. The van der Waals surface area contributed by atoms with Gasteiger partial charge in [-0.25, -0.2) is 12.8 Å². The van der Waals surface area contributed by atoms with Crippen LogP contribution in [0, 0.1) is 5.82 Å². The van der Waals surface area contributed by atoms with Crippen LogP contribution in [0.15, 0.2) is 18.2 Å². The minimum absolute atomic E-state index is 0.0241. The highest BCUT2D eigenvalue weighted by molar-refractivity contribution is 7.89. The van der Waals surface area contributed by atoms with Gasteiger partial charge in [-0.3, -0.25) is 0 Å². The van der Waals surface area contributed by atoms with Gasteiger partial charge in [0, 0.05) is 30.2 Å². The van der Waals surface area contributed by atoms with E-state index in [4.69, 9.17) is 4.74 Å². The van der Waals surface area contributed by atoms with E-state index in [0.29, 0.717) is 31.6 Å². The second-order valence-electron chi connectivity index (χ2n) is 6.91. The molecule has 24 heavy (non-hydrogen) atoms. The molecule has 0 spiro atoms. The lowest BCUT2D eigenvalue weighted by atomic mass is 9.76. The van der Waals surface area contributed by atoms with Crippen LogP contribution >= 0.6 is 0 Å². The van der Waals surface area contributed by atoms with E-state index in [1.165, 1.54) is 10.4 Å². The second-order valence-corrected chi connectivity index (χ2v) is 8.95. The molecule has 0 amide bonds. The number of rotatable bonds is 5. The maximum atomic E-state index is 14.6. The molecule has 1 atom stereocenters. The van der Waals surface area contributed by atoms with Gasteiger partial charge in [-0.05, 0) is 37.8 Å². The van der Waals surface area contributed by atoms with E-state index in [-0.39, 0.29) is 30.4 Å². The molecular formula is C17H24FNO4S. The van der Waals surface area contributed by atoms with Gasteiger partial charge in [-0.15, -0.1) is 0 Å². The zero-order valence-corrected chi connectivity index (χ0v) is 14.7. The van der Waals surface area contributed by atoms with Crippen molar-refractivity contribution in [1.29, 1.82) is 0 Å². The van der Waals surface area contributed by atoms with E-state index < -0.39 is 15.8 Å². The number of sulfonamides is 1. The average Bonchev–Trinajstić information content (AvgIpc) is 2.48. The Labute approximate surface area is 142 Å². The van der Waals surface area contributed by atoms with Crippen molar-refractivity contribution in [1.82, 2.24) is 4.31 Å². The highest BCUT2D eigenvalue weighted by Crippen LogP contribution is 2.36. The van der Waals surface area contributed by atoms with Crippen molar-refractivity contribution >= 4 is 10.0 Å². The van der Waals surface area contributed by atoms with Gasteiger partial charge < -0.3 is 9.84 Å². The highest BCUT2D eigenvalue weighted by atomic mass is 32.2. The van der Waals surface area contributed by atoms with E-state index in [1.54, 1.807) is 6.07 Å². The van der Waals surface area contributed by atoms with Crippen LogP contribution in [0.5, 0.6) is 0 Å². The Morgan fingerprint density at radius 2 is 2.17 bits per heavy atom. The molecule has 0 aromatic heterocycles. The molecule has 3 rings (SSSR count). The molecule has 0 unspecified atom stereocenters. The van der Waals surface area contributed by atoms with Gasteiger partial charge in [0.15, 0.2) is 0 Å². The molecule has 2 aliphatic heterocycles. The van der Waals surface area contributed by atoms with Crippen LogP contribution in [0.4, 0.5) is 4.39 Å². The van der Waals surface area contributed by atoms with E-state index in [0.717, 1.165) is 12.0 Å². The lowest BCUT2D eigenvalue weighted by Gasteiger charge is -2.42. The van der Waals surface area contributed by atoms with Crippen molar-refractivity contribution in [3.63, 3.8) is 0 Å². The number of ether oxygens (including phenoxy) is 1. The molecule has 2 fully saturated rings. The minimum atomic E-state index is -3.31. The molecule has 0 aliphatic carbocycles. The molecular weight excluding hydrogens is 333 g/mol. The van der Waals surface area contributed by atoms with E-state index in [9.17, 15) is 17.9 Å². The number of nitrogens with zero attached hydrogens (tertiary/aromatic N) is 1. The largest absolute Gasteiger partial charge is 0.396 e. The fourth-order valence-electron chi connectivity index (χ4n) is 3.54. The van der Waals surface area contributed by atoms with Crippen LogP contribution in [0.25, 0.3) is 0 Å². The Bertz CT molecular complexity index is 703. The number of aliphatic hydroxyl groups excluding tert-OH is 1. The SMILES string of the molecule is C[C@H]1CCCS(=O)(=O)N1Cc1ccc(C2(CCO)COC2)cc1F. The Morgan fingerprint density at radius 3 is 2.71 bits per heavy atom. The molecule has 1 aromatic carbocycles. The number of halogens is 1. The fraction of sp³-hybridized carbons (Fsp3) is 0.647. The summed E-state index contributed by atoms with van der Waals surface area (Å²) in [5.41, 5.74) is 0.868. The monoisotopic (exact) mass is 357 g/mol. The number of benzene rings is 1. The molecule has 2 aliphatic rings. The van der Waals surface area contributed by atoms with Crippen LogP contribution in [-0.2, 0) is 26.7 Å². The van der Waals surface area contributed by atoms with Crippen molar-refractivity contribution < 1.29 is 22.7 Å². The molecule has 0 bridgehead atoms. The van der Waals surface area contributed by atoms with Crippen molar-refractivity contribution in [2.24, 2.45) is 0 Å². The van der Waals surface area contributed by atoms with Gasteiger partial charge in [-0.2, -0.15) is 4.31 Å². The summed E-state index contributed by atoms with van der Waals surface area (Å²) in [5, 5.41) is 9.23. The van der Waals surface area contributed by atoms with Crippen LogP contribution in [-0.4, -0.2) is 49.4 Å². The third kappa shape index (κ3) is 3.22. The third-order valence-electron chi connectivity index (χ3n) is 5.21. The predicted molar refractivity (Wildman–Crippen MR) is 88.6 cm³/mol. The summed E-state index contributed by atoms with van der Waals surface area (Å²) in [5.74, 6) is -0.266. The van der Waals surface area contributed by atoms with E-state index >= 15 is 0 Å². The lowest BCUT2D eigenvalue weighted by Crippen LogP contribution is -2.47. The van der Waals surface area contributed by atoms with Crippen molar-refractivity contribution in [2.45, 2.75) is 44.2 Å². The van der Waals surface area contributed by atoms with Gasteiger partial charge >= 0.3 is 0 Å². The molecule has 0 radical (unpaired) electrons. The average molecular weight is 357 g/mol. The van der Waals surface area contributed by atoms with Gasteiger partial charge in [0.2, 0.25) is 10.0 Å². The number of aliphatic hydroxyl groups is 1. The van der Waals surface area contributed by atoms with Crippen molar-refractivity contribution in [3.05, 3.63) is 35.1 Å². The Kier molecular flexibility index (Phi) is 4.97. The first-order valence-electron chi connectivity index (χ1n) is 8.35. The van der Waals surface area contributed by atoms with Gasteiger partial charge in [0.1, 0.15) is 5.82 Å². The molecule has 5 nitrogen and oxygen atoms in total. The summed E-state index contributed by atoms with van der Waals surface area (Å²) in [6, 6.07) is 4.86. The standard InChI is InChI=1S/C17H24FNO4S/c1-13-3-2-8-24(21,22)19(13)10-14-4-5-15(9-16(14)18)17(6-7-20)11-23-12-17/h4-5,9,13,20H,2-3,6-8,10-12H2,1H3/t13-/m0/s1. The Balaban J connectivity index is 1.83. The molecule has 2 saturated heterocycles. The molecule has 1 aromatic rings. The summed E-state index contributed by atoms with van der Waals surface area (Å²) >= 11 is 0. The molecule has 134 valence electrons. The van der Waals surface area contributed by atoms with Crippen LogP contribution in [0.3, 0.4) is 0 Å². The number of hydrogen-bond donors (Lipinski definition) is 1. The van der Waals surface area contributed by atoms with Crippen LogP contribution in [0.2, 0.25) is 0 Å².